The molecule has 0 bridgehead atoms. The quantitative estimate of drug-likeness (QED) is 0.225. The predicted molar refractivity (Wildman–Crippen MR) is 152 cm³/mol. The topological polar surface area (TPSA) is 96.7 Å². The van der Waals surface area contributed by atoms with Crippen molar-refractivity contribution in [2.24, 2.45) is 0 Å². The van der Waals surface area contributed by atoms with Crippen LogP contribution in [0, 0.1) is 6.92 Å². The number of nitrogens with one attached hydrogen (secondary N) is 2. The largest absolute Gasteiger partial charge is 0.465 e. The van der Waals surface area contributed by atoms with E-state index in [-0.39, 0.29) is 24.4 Å². The van der Waals surface area contributed by atoms with Gasteiger partial charge in [0.15, 0.2) is 5.11 Å². The SMILES string of the molecule is COC(=O)c1ccc(-c2ccc(C3C(c4ccccn4)NC(=S)N3CCC(=O)Nc3ccc(C)cc3)o2)cc1. The highest BCUT2D eigenvalue weighted by molar-refractivity contribution is 7.80. The van der Waals surface area contributed by atoms with Crippen molar-refractivity contribution in [1.29, 1.82) is 0 Å². The smallest absolute Gasteiger partial charge is 0.337 e. The summed E-state index contributed by atoms with van der Waals surface area (Å²) in [7, 11) is 1.35. The van der Waals surface area contributed by atoms with Gasteiger partial charge in [-0.25, -0.2) is 4.79 Å². The van der Waals surface area contributed by atoms with Gasteiger partial charge >= 0.3 is 5.97 Å². The second-order valence-corrected chi connectivity index (χ2v) is 9.64. The Morgan fingerprint density at radius 1 is 1.05 bits per heavy atom. The average molecular weight is 541 g/mol. The molecule has 3 heterocycles. The van der Waals surface area contributed by atoms with Crippen LogP contribution in [0.5, 0.6) is 0 Å². The molecule has 4 aromatic rings. The van der Waals surface area contributed by atoms with Crippen LogP contribution in [0.4, 0.5) is 5.69 Å². The number of aryl methyl sites for hydroxylation is 1. The number of esters is 1. The summed E-state index contributed by atoms with van der Waals surface area (Å²) in [4.78, 5) is 31.1. The van der Waals surface area contributed by atoms with Gasteiger partial charge in [0.2, 0.25) is 5.91 Å². The van der Waals surface area contributed by atoms with E-state index in [0.717, 1.165) is 22.5 Å². The number of methoxy groups -OCH3 is 1. The highest BCUT2D eigenvalue weighted by Crippen LogP contribution is 2.40. The minimum absolute atomic E-state index is 0.104. The lowest BCUT2D eigenvalue weighted by Crippen LogP contribution is -2.32. The van der Waals surface area contributed by atoms with Gasteiger partial charge in [-0.3, -0.25) is 9.78 Å². The van der Waals surface area contributed by atoms with Crippen molar-refractivity contribution in [1.82, 2.24) is 15.2 Å². The van der Waals surface area contributed by atoms with Gasteiger partial charge in [-0.05, 0) is 67.7 Å². The van der Waals surface area contributed by atoms with Gasteiger partial charge in [-0.1, -0.05) is 35.9 Å². The van der Waals surface area contributed by atoms with Crippen LogP contribution in [0.2, 0.25) is 0 Å². The predicted octanol–water partition coefficient (Wildman–Crippen LogP) is 5.44. The maximum atomic E-state index is 12.8. The molecule has 2 N–H and O–H groups in total. The Hall–Kier alpha value is -4.50. The van der Waals surface area contributed by atoms with Crippen LogP contribution in [0.25, 0.3) is 11.3 Å². The molecule has 2 atom stereocenters. The van der Waals surface area contributed by atoms with Crippen LogP contribution in [0.1, 0.15) is 45.9 Å². The van der Waals surface area contributed by atoms with Crippen LogP contribution in [-0.4, -0.2) is 40.5 Å². The molecule has 2 unspecified atom stereocenters. The van der Waals surface area contributed by atoms with Crippen molar-refractivity contribution in [3.63, 3.8) is 0 Å². The number of nitrogens with zero attached hydrogens (tertiary/aromatic N) is 2. The molecule has 5 rings (SSSR count). The van der Waals surface area contributed by atoms with E-state index in [1.54, 1.807) is 18.3 Å². The fraction of sp³-hybridized carbons (Fsp3) is 0.200. The van der Waals surface area contributed by atoms with Crippen molar-refractivity contribution in [3.8, 4) is 11.3 Å². The summed E-state index contributed by atoms with van der Waals surface area (Å²) < 4.78 is 11.1. The number of aromatic nitrogens is 1. The van der Waals surface area contributed by atoms with E-state index < -0.39 is 5.97 Å². The van der Waals surface area contributed by atoms with E-state index in [1.807, 2.05) is 78.6 Å². The van der Waals surface area contributed by atoms with Crippen molar-refractivity contribution in [3.05, 3.63) is 108 Å². The first-order valence-electron chi connectivity index (χ1n) is 12.6. The summed E-state index contributed by atoms with van der Waals surface area (Å²) >= 11 is 5.71. The van der Waals surface area contributed by atoms with E-state index in [9.17, 15) is 9.59 Å². The summed E-state index contributed by atoms with van der Waals surface area (Å²) in [6.45, 7) is 2.39. The van der Waals surface area contributed by atoms with Crippen LogP contribution >= 0.6 is 12.2 Å². The van der Waals surface area contributed by atoms with Gasteiger partial charge in [-0.15, -0.1) is 0 Å². The maximum absolute atomic E-state index is 12.8. The third-order valence-electron chi connectivity index (χ3n) is 6.62. The van der Waals surface area contributed by atoms with Crippen molar-refractivity contribution in [2.45, 2.75) is 25.4 Å². The minimum atomic E-state index is -0.396. The number of carbonyl (C=O) groups excluding carboxylic acids is 2. The number of thiocarbonyl (C=S) groups is 1. The molecule has 9 heteroatoms. The van der Waals surface area contributed by atoms with Gasteiger partial charge in [0.25, 0.3) is 0 Å². The number of ether oxygens (including phenoxy) is 1. The van der Waals surface area contributed by atoms with Gasteiger partial charge in [0.05, 0.1) is 24.4 Å². The number of amides is 1. The molecule has 8 nitrogen and oxygen atoms in total. The first-order chi connectivity index (χ1) is 18.9. The molecule has 0 aliphatic carbocycles. The lowest BCUT2D eigenvalue weighted by Gasteiger charge is -2.25. The summed E-state index contributed by atoms with van der Waals surface area (Å²) in [5, 5.41) is 6.85. The Bertz CT molecular complexity index is 1470. The third-order valence-corrected chi connectivity index (χ3v) is 6.97. The second-order valence-electron chi connectivity index (χ2n) is 9.26. The van der Waals surface area contributed by atoms with E-state index in [0.29, 0.717) is 28.7 Å². The summed E-state index contributed by atoms with van der Waals surface area (Å²) in [6, 6.07) is 23.7. The minimum Gasteiger partial charge on any atom is -0.465 e. The fourth-order valence-corrected chi connectivity index (χ4v) is 4.92. The van der Waals surface area contributed by atoms with Crippen LogP contribution < -0.4 is 10.6 Å². The number of rotatable bonds is 8. The maximum Gasteiger partial charge on any atom is 0.337 e. The average Bonchev–Trinajstić information content (AvgIpc) is 3.58. The molecule has 1 amide bonds. The number of anilines is 1. The standard InChI is InChI=1S/C30H28N4O4S/c1-19-6-12-22(13-7-19)32-26(35)16-18-34-28(27(33-30(34)39)23-5-3-4-17-31-23)25-15-14-24(38-25)20-8-10-21(11-9-20)29(36)37-2/h3-15,17,27-28H,16,18H2,1-2H3,(H,32,35)(H,33,39). The number of carbonyl (C=O) groups is 2. The number of hydrogen-bond acceptors (Lipinski definition) is 6. The Kier molecular flexibility index (Phi) is 7.69. The van der Waals surface area contributed by atoms with Gasteiger partial charge in [0, 0.05) is 30.4 Å². The first kappa shape index (κ1) is 26.1. The second kappa shape index (κ2) is 11.5. The number of furan rings is 1. The van der Waals surface area contributed by atoms with Gasteiger partial charge in [-0.2, -0.15) is 0 Å². The van der Waals surface area contributed by atoms with E-state index >= 15 is 0 Å². The molecule has 1 saturated heterocycles. The molecule has 1 aliphatic rings. The zero-order valence-corrected chi connectivity index (χ0v) is 22.4. The lowest BCUT2D eigenvalue weighted by molar-refractivity contribution is -0.116. The molecular formula is C30H28N4O4S. The van der Waals surface area contributed by atoms with Gasteiger partial charge in [0.1, 0.15) is 17.6 Å². The Balaban J connectivity index is 1.38. The summed E-state index contributed by atoms with van der Waals surface area (Å²) in [5.74, 6) is 0.833. The Morgan fingerprint density at radius 3 is 2.51 bits per heavy atom. The van der Waals surface area contributed by atoms with Crippen molar-refractivity contribution < 1.29 is 18.7 Å². The van der Waals surface area contributed by atoms with Crippen LogP contribution in [0.15, 0.2) is 89.5 Å². The molecule has 2 aromatic heterocycles. The molecule has 39 heavy (non-hydrogen) atoms. The summed E-state index contributed by atoms with van der Waals surface area (Å²) in [5.41, 5.74) is 3.98. The van der Waals surface area contributed by atoms with Gasteiger partial charge < -0.3 is 24.7 Å². The monoisotopic (exact) mass is 540 g/mol. The van der Waals surface area contributed by atoms with Crippen LogP contribution in [0.3, 0.4) is 0 Å². The molecule has 198 valence electrons. The number of benzene rings is 2. The molecule has 0 saturated carbocycles. The van der Waals surface area contributed by atoms with Crippen LogP contribution in [-0.2, 0) is 9.53 Å². The van der Waals surface area contributed by atoms with Crippen molar-refractivity contribution in [2.75, 3.05) is 19.0 Å². The normalized spacial score (nSPS) is 16.6. The van der Waals surface area contributed by atoms with E-state index in [1.165, 1.54) is 7.11 Å². The first-order valence-corrected chi connectivity index (χ1v) is 13.0. The lowest BCUT2D eigenvalue weighted by atomic mass is 10.0. The molecule has 0 radical (unpaired) electrons. The fourth-order valence-electron chi connectivity index (χ4n) is 4.59. The Morgan fingerprint density at radius 2 is 1.82 bits per heavy atom. The molecule has 1 aliphatic heterocycles. The summed E-state index contributed by atoms with van der Waals surface area (Å²) in [6.07, 6.45) is 1.98. The zero-order valence-electron chi connectivity index (χ0n) is 21.6. The third kappa shape index (κ3) is 5.83. The highest BCUT2D eigenvalue weighted by Gasteiger charge is 2.41. The number of hydrogen-bond donors (Lipinski definition) is 2. The van der Waals surface area contributed by atoms with Crippen molar-refractivity contribution >= 4 is 34.9 Å². The molecule has 0 spiro atoms. The molecular weight excluding hydrogens is 512 g/mol. The number of pyridine rings is 1. The van der Waals surface area contributed by atoms with E-state index in [2.05, 4.69) is 15.6 Å². The zero-order chi connectivity index (χ0) is 27.4. The molecule has 1 fully saturated rings. The molecule has 2 aromatic carbocycles. The highest BCUT2D eigenvalue weighted by atomic mass is 32.1. The Labute approximate surface area is 232 Å². The van der Waals surface area contributed by atoms with E-state index in [4.69, 9.17) is 21.4 Å².